The summed E-state index contributed by atoms with van der Waals surface area (Å²) < 4.78 is 29.5. The fourth-order valence-corrected chi connectivity index (χ4v) is 4.27. The molecule has 1 amide bonds. The first-order chi connectivity index (χ1) is 13.3. The van der Waals surface area contributed by atoms with Crippen LogP contribution in [0, 0.1) is 5.92 Å². The molecule has 7 nitrogen and oxygen atoms in total. The SMILES string of the molecule is CC(C)[C@H]1S/C(=N/N=C\c2ccc(OS(=O)(=O)c3ccccc3)cc2)NC1=O. The maximum atomic E-state index is 12.2. The highest BCUT2D eigenvalue weighted by Gasteiger charge is 2.32. The number of amidine groups is 1. The van der Waals surface area contributed by atoms with Crippen molar-refractivity contribution in [2.45, 2.75) is 24.0 Å². The lowest BCUT2D eigenvalue weighted by atomic mass is 10.1. The third kappa shape index (κ3) is 4.99. The molecule has 1 N–H and O–H groups in total. The van der Waals surface area contributed by atoms with Crippen LogP contribution in [-0.4, -0.2) is 31.0 Å². The van der Waals surface area contributed by atoms with Crippen LogP contribution in [0.4, 0.5) is 0 Å². The Morgan fingerprint density at radius 2 is 1.79 bits per heavy atom. The highest BCUT2D eigenvalue weighted by Crippen LogP contribution is 2.25. The van der Waals surface area contributed by atoms with Crippen LogP contribution in [0.3, 0.4) is 0 Å². The molecule has 0 bridgehead atoms. The number of nitrogens with one attached hydrogen (secondary N) is 1. The maximum absolute atomic E-state index is 12.2. The summed E-state index contributed by atoms with van der Waals surface area (Å²) in [7, 11) is -3.87. The summed E-state index contributed by atoms with van der Waals surface area (Å²) in [5.74, 6) is 0.349. The second-order valence-electron chi connectivity index (χ2n) is 6.34. The van der Waals surface area contributed by atoms with Crippen LogP contribution in [0.1, 0.15) is 19.4 Å². The lowest BCUT2D eigenvalue weighted by Gasteiger charge is -2.07. The van der Waals surface area contributed by atoms with E-state index in [2.05, 4.69) is 15.5 Å². The molecule has 0 saturated carbocycles. The van der Waals surface area contributed by atoms with E-state index in [0.717, 1.165) is 0 Å². The average molecular weight is 418 g/mol. The van der Waals surface area contributed by atoms with Crippen molar-refractivity contribution in [3.63, 3.8) is 0 Å². The van der Waals surface area contributed by atoms with Gasteiger partial charge in [-0.15, -0.1) is 5.10 Å². The van der Waals surface area contributed by atoms with Crippen LogP contribution < -0.4 is 9.50 Å². The third-order valence-corrected chi connectivity index (χ3v) is 6.49. The van der Waals surface area contributed by atoms with Crippen molar-refractivity contribution >= 4 is 39.2 Å². The topological polar surface area (TPSA) is 97.2 Å². The van der Waals surface area contributed by atoms with Gasteiger partial charge in [0, 0.05) is 0 Å². The Morgan fingerprint density at radius 1 is 1.11 bits per heavy atom. The monoisotopic (exact) mass is 417 g/mol. The number of carbonyl (C=O) groups excluding carboxylic acids is 1. The molecule has 28 heavy (non-hydrogen) atoms. The predicted octanol–water partition coefficient (Wildman–Crippen LogP) is 3.03. The van der Waals surface area contributed by atoms with Gasteiger partial charge in [-0.3, -0.25) is 4.79 Å². The Labute approximate surface area is 168 Å². The number of nitrogens with zero attached hydrogens (tertiary/aromatic N) is 2. The first kappa shape index (κ1) is 20.1. The molecule has 2 aromatic carbocycles. The molecular formula is C19H19N3O4S2. The Hall–Kier alpha value is -2.65. The summed E-state index contributed by atoms with van der Waals surface area (Å²) in [4.78, 5) is 11.9. The van der Waals surface area contributed by atoms with Crippen LogP contribution in [0.5, 0.6) is 5.75 Å². The molecule has 146 valence electrons. The van der Waals surface area contributed by atoms with Crippen molar-refractivity contribution in [2.24, 2.45) is 16.1 Å². The summed E-state index contributed by atoms with van der Waals surface area (Å²) in [6.07, 6.45) is 1.51. The fourth-order valence-electron chi connectivity index (χ4n) is 2.39. The average Bonchev–Trinajstić information content (AvgIpc) is 3.04. The number of carbonyl (C=O) groups is 1. The normalized spacial score (nSPS) is 18.8. The van der Waals surface area contributed by atoms with Crippen molar-refractivity contribution < 1.29 is 17.4 Å². The van der Waals surface area contributed by atoms with Crippen LogP contribution in [0.25, 0.3) is 0 Å². The molecule has 1 fully saturated rings. The van der Waals surface area contributed by atoms with Crippen molar-refractivity contribution in [1.29, 1.82) is 0 Å². The molecule has 0 radical (unpaired) electrons. The lowest BCUT2D eigenvalue weighted by molar-refractivity contribution is -0.119. The summed E-state index contributed by atoms with van der Waals surface area (Å²) >= 11 is 1.36. The molecule has 1 heterocycles. The van der Waals surface area contributed by atoms with Gasteiger partial charge in [0.2, 0.25) is 5.91 Å². The molecule has 3 rings (SSSR count). The second-order valence-corrected chi connectivity index (χ2v) is 9.02. The zero-order valence-electron chi connectivity index (χ0n) is 15.3. The van der Waals surface area contributed by atoms with Crippen LogP contribution in [-0.2, 0) is 14.9 Å². The van der Waals surface area contributed by atoms with Crippen molar-refractivity contribution in [2.75, 3.05) is 0 Å². The number of benzene rings is 2. The number of amides is 1. The van der Waals surface area contributed by atoms with Gasteiger partial charge < -0.3 is 9.50 Å². The molecule has 0 aliphatic carbocycles. The van der Waals surface area contributed by atoms with Gasteiger partial charge in [-0.25, -0.2) is 0 Å². The molecule has 1 saturated heterocycles. The number of thioether (sulfide) groups is 1. The highest BCUT2D eigenvalue weighted by molar-refractivity contribution is 8.15. The first-order valence-electron chi connectivity index (χ1n) is 8.53. The van der Waals surface area contributed by atoms with Crippen molar-refractivity contribution in [1.82, 2.24) is 5.32 Å². The molecule has 1 aliphatic rings. The Balaban J connectivity index is 1.63. The first-order valence-corrected chi connectivity index (χ1v) is 10.8. The molecule has 0 spiro atoms. The van der Waals surface area contributed by atoms with Crippen LogP contribution >= 0.6 is 11.8 Å². The molecule has 2 aromatic rings. The van der Waals surface area contributed by atoms with E-state index in [1.165, 1.54) is 42.2 Å². The van der Waals surface area contributed by atoms with E-state index < -0.39 is 10.1 Å². The number of rotatable bonds is 6. The van der Waals surface area contributed by atoms with Crippen molar-refractivity contribution in [3.05, 3.63) is 60.2 Å². The van der Waals surface area contributed by atoms with E-state index in [1.54, 1.807) is 30.3 Å². The number of hydrogen-bond acceptors (Lipinski definition) is 7. The van der Waals surface area contributed by atoms with E-state index in [0.29, 0.717) is 10.7 Å². The Morgan fingerprint density at radius 3 is 2.39 bits per heavy atom. The highest BCUT2D eigenvalue weighted by atomic mass is 32.2. The quantitative estimate of drug-likeness (QED) is 0.443. The molecular weight excluding hydrogens is 398 g/mol. The van der Waals surface area contributed by atoms with E-state index in [9.17, 15) is 13.2 Å². The van der Waals surface area contributed by atoms with Gasteiger partial charge in [-0.2, -0.15) is 13.5 Å². The van der Waals surface area contributed by atoms with Gasteiger partial charge in [0.05, 0.1) is 11.5 Å². The van der Waals surface area contributed by atoms with Gasteiger partial charge in [0.25, 0.3) is 0 Å². The molecule has 1 atom stereocenters. The summed E-state index contributed by atoms with van der Waals surface area (Å²) in [5, 5.41) is 11.0. The molecule has 1 aliphatic heterocycles. The zero-order valence-corrected chi connectivity index (χ0v) is 16.9. The van der Waals surface area contributed by atoms with Crippen LogP contribution in [0.15, 0.2) is 69.7 Å². The standard InChI is InChI=1S/C19H19N3O4S2/c1-13(2)17-18(23)21-19(27-17)22-20-12-14-8-10-15(11-9-14)26-28(24,25)16-6-4-3-5-7-16/h3-13,17H,1-2H3,(H,21,22,23)/b20-12-/t17-/m1/s1. The summed E-state index contributed by atoms with van der Waals surface area (Å²) in [6, 6.07) is 14.3. The van der Waals surface area contributed by atoms with Gasteiger partial charge in [0.1, 0.15) is 10.6 Å². The van der Waals surface area contributed by atoms with E-state index in [4.69, 9.17) is 4.18 Å². The lowest BCUT2D eigenvalue weighted by Crippen LogP contribution is -2.27. The molecule has 9 heteroatoms. The van der Waals surface area contributed by atoms with E-state index >= 15 is 0 Å². The molecule has 0 unspecified atom stereocenters. The van der Waals surface area contributed by atoms with E-state index in [-0.39, 0.29) is 27.7 Å². The van der Waals surface area contributed by atoms with Gasteiger partial charge in [0.15, 0.2) is 5.17 Å². The second kappa shape index (κ2) is 8.57. The predicted molar refractivity (Wildman–Crippen MR) is 110 cm³/mol. The van der Waals surface area contributed by atoms with Gasteiger partial charge in [-0.1, -0.05) is 43.8 Å². The van der Waals surface area contributed by atoms with E-state index in [1.807, 2.05) is 13.8 Å². The van der Waals surface area contributed by atoms with Crippen molar-refractivity contribution in [3.8, 4) is 5.75 Å². The summed E-state index contributed by atoms with van der Waals surface area (Å²) in [5.41, 5.74) is 0.712. The third-order valence-electron chi connectivity index (χ3n) is 3.81. The zero-order chi connectivity index (χ0) is 20.1. The minimum Gasteiger partial charge on any atom is -0.379 e. The maximum Gasteiger partial charge on any atom is 0.339 e. The minimum atomic E-state index is -3.87. The van der Waals surface area contributed by atoms with Crippen LogP contribution in [0.2, 0.25) is 0 Å². The Bertz CT molecular complexity index is 1000. The number of hydrogen-bond donors (Lipinski definition) is 1. The largest absolute Gasteiger partial charge is 0.379 e. The van der Waals surface area contributed by atoms with Gasteiger partial charge >= 0.3 is 10.1 Å². The minimum absolute atomic E-state index is 0.0601. The Kier molecular flexibility index (Phi) is 6.15. The smallest absolute Gasteiger partial charge is 0.339 e. The fraction of sp³-hybridized carbons (Fsp3) is 0.211. The molecule has 0 aromatic heterocycles. The van der Waals surface area contributed by atoms with Gasteiger partial charge in [-0.05, 0) is 47.9 Å². The summed E-state index contributed by atoms with van der Waals surface area (Å²) in [6.45, 7) is 3.95.